The van der Waals surface area contributed by atoms with Crippen LogP contribution in [0.3, 0.4) is 0 Å². The first-order valence-electron chi connectivity index (χ1n) is 12.4. The summed E-state index contributed by atoms with van der Waals surface area (Å²) in [6.45, 7) is 8.00. The van der Waals surface area contributed by atoms with E-state index in [-0.39, 0.29) is 41.4 Å². The number of hydrogen-bond donors (Lipinski definition) is 1. The largest absolute Gasteiger partial charge is 0.481 e. The number of nitrogens with zero attached hydrogens (tertiary/aromatic N) is 4. The highest BCUT2D eigenvalue weighted by molar-refractivity contribution is 6.39. The lowest BCUT2D eigenvalue weighted by atomic mass is 9.67. The molecular weight excluding hydrogens is 560 g/mol. The van der Waals surface area contributed by atoms with Gasteiger partial charge in [-0.25, -0.2) is 0 Å². The zero-order valence-corrected chi connectivity index (χ0v) is 23.8. The molecule has 1 N–H and O–H groups in total. The first-order chi connectivity index (χ1) is 17.9. The first-order valence-corrected chi connectivity index (χ1v) is 13.1. The number of carboxylic acids is 1. The van der Waals surface area contributed by atoms with Crippen molar-refractivity contribution in [2.45, 2.75) is 66.1 Å². The van der Waals surface area contributed by atoms with Gasteiger partial charge in [0.05, 0.1) is 45.4 Å². The minimum Gasteiger partial charge on any atom is -0.481 e. The van der Waals surface area contributed by atoms with Crippen molar-refractivity contribution in [3.8, 4) is 0 Å². The number of amides is 1. The second kappa shape index (κ2) is 11.1. The van der Waals surface area contributed by atoms with E-state index in [9.17, 15) is 32.7 Å². The third kappa shape index (κ3) is 6.57. The molecule has 2 aromatic heterocycles. The summed E-state index contributed by atoms with van der Waals surface area (Å²) in [5.74, 6) is -3.10. The molecule has 3 atom stereocenters. The molecule has 39 heavy (non-hydrogen) atoms. The molecule has 0 saturated heterocycles. The fourth-order valence-electron chi connectivity index (χ4n) is 4.99. The molecule has 1 aliphatic rings. The molecule has 0 unspecified atom stereocenters. The second-order valence-corrected chi connectivity index (χ2v) is 12.3. The second-order valence-electron chi connectivity index (χ2n) is 11.5. The van der Waals surface area contributed by atoms with Crippen LogP contribution in [0.5, 0.6) is 0 Å². The summed E-state index contributed by atoms with van der Waals surface area (Å²) in [5.41, 5.74) is -3.64. The number of Topliss-reactive ketones (excluding diaryl/α,β-unsaturated/α-hetero) is 1. The number of pyridine rings is 1. The Labute approximate surface area is 234 Å². The van der Waals surface area contributed by atoms with Crippen molar-refractivity contribution in [3.63, 3.8) is 0 Å². The third-order valence-corrected chi connectivity index (χ3v) is 7.83. The molecule has 0 spiro atoms. The summed E-state index contributed by atoms with van der Waals surface area (Å²) < 4.78 is 44.1. The molecule has 1 amide bonds. The maximum Gasteiger partial charge on any atom is 0.433 e. The van der Waals surface area contributed by atoms with Crippen molar-refractivity contribution < 1.29 is 32.7 Å². The van der Waals surface area contributed by atoms with Crippen LogP contribution in [-0.4, -0.2) is 55.5 Å². The van der Waals surface area contributed by atoms with Gasteiger partial charge in [0, 0.05) is 18.9 Å². The van der Waals surface area contributed by atoms with Gasteiger partial charge in [-0.2, -0.15) is 18.3 Å². The van der Waals surface area contributed by atoms with Crippen LogP contribution in [0.2, 0.25) is 10.0 Å². The van der Waals surface area contributed by atoms with E-state index in [1.165, 1.54) is 12.4 Å². The van der Waals surface area contributed by atoms with Gasteiger partial charge < -0.3 is 10.0 Å². The van der Waals surface area contributed by atoms with Crippen molar-refractivity contribution in [3.05, 3.63) is 45.5 Å². The Kier molecular flexibility index (Phi) is 8.77. The lowest BCUT2D eigenvalue weighted by Crippen LogP contribution is -2.42. The topological polar surface area (TPSA) is 105 Å². The van der Waals surface area contributed by atoms with Gasteiger partial charge in [0.15, 0.2) is 11.5 Å². The average molecular weight is 591 g/mol. The molecule has 214 valence electrons. The van der Waals surface area contributed by atoms with Gasteiger partial charge in [0.1, 0.15) is 0 Å². The van der Waals surface area contributed by atoms with Gasteiger partial charge in [-0.3, -0.25) is 24.0 Å². The number of rotatable bonds is 7. The Bertz CT molecular complexity index is 1250. The Morgan fingerprint density at radius 2 is 1.74 bits per heavy atom. The molecule has 8 nitrogen and oxygen atoms in total. The number of aliphatic carboxylic acids is 1. The van der Waals surface area contributed by atoms with E-state index in [0.717, 1.165) is 15.8 Å². The van der Waals surface area contributed by atoms with E-state index >= 15 is 0 Å². The normalized spacial score (nSPS) is 22.0. The Morgan fingerprint density at radius 3 is 2.23 bits per heavy atom. The van der Waals surface area contributed by atoms with Crippen molar-refractivity contribution >= 4 is 40.9 Å². The summed E-state index contributed by atoms with van der Waals surface area (Å²) >= 11 is 12.2. The van der Waals surface area contributed by atoms with Gasteiger partial charge in [0.2, 0.25) is 0 Å². The van der Waals surface area contributed by atoms with Crippen LogP contribution in [0.15, 0.2) is 18.6 Å². The highest BCUT2D eigenvalue weighted by atomic mass is 35.5. The molecule has 0 aromatic carbocycles. The van der Waals surface area contributed by atoms with E-state index in [0.29, 0.717) is 0 Å². The molecule has 1 aliphatic carbocycles. The van der Waals surface area contributed by atoms with Crippen LogP contribution >= 0.6 is 23.2 Å². The Balaban J connectivity index is 2.01. The predicted molar refractivity (Wildman–Crippen MR) is 139 cm³/mol. The smallest absolute Gasteiger partial charge is 0.433 e. The van der Waals surface area contributed by atoms with Crippen LogP contribution in [0, 0.1) is 16.7 Å². The fourth-order valence-corrected chi connectivity index (χ4v) is 5.56. The predicted octanol–water partition coefficient (Wildman–Crippen LogP) is 6.43. The molecule has 0 bridgehead atoms. The monoisotopic (exact) mass is 590 g/mol. The van der Waals surface area contributed by atoms with Crippen molar-refractivity contribution in [1.29, 1.82) is 0 Å². The van der Waals surface area contributed by atoms with Crippen LogP contribution in [0.25, 0.3) is 0 Å². The van der Waals surface area contributed by atoms with Gasteiger partial charge in [-0.05, 0) is 37.5 Å². The lowest BCUT2D eigenvalue weighted by molar-refractivity contribution is -0.155. The zero-order valence-electron chi connectivity index (χ0n) is 22.3. The van der Waals surface area contributed by atoms with Crippen molar-refractivity contribution in [1.82, 2.24) is 19.7 Å². The average Bonchev–Trinajstić information content (AvgIpc) is 3.24. The quantitative estimate of drug-likeness (QED) is 0.373. The molecule has 2 heterocycles. The summed E-state index contributed by atoms with van der Waals surface area (Å²) in [4.78, 5) is 43.4. The number of aromatic nitrogens is 3. The minimum atomic E-state index is -4.94. The number of carboxylic acid groups (broad SMARTS) is 1. The molecule has 1 fully saturated rings. The van der Waals surface area contributed by atoms with E-state index in [2.05, 4.69) is 10.1 Å². The number of carbonyl (C=O) groups excluding carboxylic acids is 2. The number of alkyl halides is 3. The molecule has 1 saturated carbocycles. The third-order valence-electron chi connectivity index (χ3n) is 7.26. The number of halogens is 5. The highest BCUT2D eigenvalue weighted by Crippen LogP contribution is 2.47. The summed E-state index contributed by atoms with van der Waals surface area (Å²) in [6.07, 6.45) is -1.20. The number of carbonyl (C=O) groups is 3. The molecule has 13 heteroatoms. The van der Waals surface area contributed by atoms with Crippen molar-refractivity contribution in [2.24, 2.45) is 16.7 Å². The summed E-state index contributed by atoms with van der Waals surface area (Å²) in [6, 6.07) is -0.752. The SMILES string of the molecule is C[C@@H]1C[C@H](n2ncc(C(=O)N(CC(=O)c3c(Cl)cncc3Cl)CC(C)(C)C)c2C(F)(F)F)CC[C@@]1(C)C(=O)O. The molecule has 2 aromatic rings. The molecule has 3 rings (SSSR count). The summed E-state index contributed by atoms with van der Waals surface area (Å²) in [5, 5.41) is 13.5. The van der Waals surface area contributed by atoms with Gasteiger partial charge in [-0.15, -0.1) is 0 Å². The molecular formula is C26H31Cl2F3N4O4. The van der Waals surface area contributed by atoms with Crippen LogP contribution < -0.4 is 0 Å². The van der Waals surface area contributed by atoms with Crippen molar-refractivity contribution in [2.75, 3.05) is 13.1 Å². The van der Waals surface area contributed by atoms with Crippen LogP contribution in [-0.2, 0) is 11.0 Å². The fraction of sp³-hybridized carbons (Fsp3) is 0.577. The van der Waals surface area contributed by atoms with E-state index in [4.69, 9.17) is 23.2 Å². The first kappa shape index (κ1) is 30.9. The standard InChI is InChI=1S/C26H31Cl2F3N4O4/c1-14-8-15(6-7-25(14,5)23(38)39)35-21(26(29,30)31)16(9-33-35)22(37)34(13-24(2,3)4)12-19(36)20-17(27)10-32-11-18(20)28/h9-11,14-15H,6-8,12-13H2,1-5H3,(H,38,39)/t14-,15-,25-/m1/s1. The zero-order chi connectivity index (χ0) is 29.5. The van der Waals surface area contributed by atoms with E-state index in [1.54, 1.807) is 34.6 Å². The summed E-state index contributed by atoms with van der Waals surface area (Å²) in [7, 11) is 0. The minimum absolute atomic E-state index is 0.0424. The maximum absolute atomic E-state index is 14.4. The number of ketones is 1. The maximum atomic E-state index is 14.4. The van der Waals surface area contributed by atoms with Crippen LogP contribution in [0.1, 0.15) is 86.3 Å². The van der Waals surface area contributed by atoms with Gasteiger partial charge >= 0.3 is 12.1 Å². The van der Waals surface area contributed by atoms with Gasteiger partial charge in [0.25, 0.3) is 5.91 Å². The van der Waals surface area contributed by atoms with E-state index in [1.807, 2.05) is 0 Å². The molecule has 0 radical (unpaired) electrons. The highest BCUT2D eigenvalue weighted by Gasteiger charge is 2.47. The Hall–Kier alpha value is -2.66. The molecule has 0 aliphatic heterocycles. The number of hydrogen-bond acceptors (Lipinski definition) is 5. The van der Waals surface area contributed by atoms with E-state index < -0.39 is 64.4 Å². The van der Waals surface area contributed by atoms with Gasteiger partial charge in [-0.1, -0.05) is 50.9 Å². The Morgan fingerprint density at radius 1 is 1.15 bits per heavy atom. The lowest BCUT2D eigenvalue weighted by Gasteiger charge is -2.40. The van der Waals surface area contributed by atoms with Crippen LogP contribution in [0.4, 0.5) is 13.2 Å².